The Labute approximate surface area is 101 Å². The molecule has 0 aliphatic rings. The third-order valence-electron chi connectivity index (χ3n) is 2.73. The van der Waals surface area contributed by atoms with E-state index in [1.54, 1.807) is 12.1 Å². The third kappa shape index (κ3) is 3.06. The fraction of sp³-hybridized carbons (Fsp3) is 0.385. The van der Waals surface area contributed by atoms with Crippen LogP contribution in [0.2, 0.25) is 0 Å². The van der Waals surface area contributed by atoms with Gasteiger partial charge >= 0.3 is 5.97 Å². The van der Waals surface area contributed by atoms with Gasteiger partial charge in [-0.2, -0.15) is 0 Å². The first-order chi connectivity index (χ1) is 7.97. The molecule has 0 saturated carbocycles. The molecule has 0 radical (unpaired) electrons. The van der Waals surface area contributed by atoms with E-state index in [0.29, 0.717) is 17.9 Å². The lowest BCUT2D eigenvalue weighted by molar-refractivity contribution is -0.145. The van der Waals surface area contributed by atoms with Crippen LogP contribution in [-0.2, 0) is 9.59 Å². The highest BCUT2D eigenvalue weighted by molar-refractivity contribution is 5.78. The summed E-state index contributed by atoms with van der Waals surface area (Å²) >= 11 is 0. The number of rotatable bonds is 5. The molecule has 1 rings (SSSR count). The molecule has 17 heavy (non-hydrogen) atoms. The van der Waals surface area contributed by atoms with Gasteiger partial charge in [0.25, 0.3) is 0 Å². The van der Waals surface area contributed by atoms with Crippen molar-refractivity contribution in [1.82, 2.24) is 4.90 Å². The normalized spacial score (nSPS) is 12.2. The molecule has 1 N–H and O–H groups in total. The summed E-state index contributed by atoms with van der Waals surface area (Å²) in [6, 6.07) is 6.39. The van der Waals surface area contributed by atoms with Crippen LogP contribution in [0, 0.1) is 0 Å². The van der Waals surface area contributed by atoms with Crippen LogP contribution in [0.5, 0.6) is 0 Å². The summed E-state index contributed by atoms with van der Waals surface area (Å²) in [7, 11) is 1.46. The van der Waals surface area contributed by atoms with E-state index in [4.69, 9.17) is 5.11 Å². The van der Waals surface area contributed by atoms with Crippen LogP contribution >= 0.6 is 0 Å². The zero-order chi connectivity index (χ0) is 13.0. The zero-order valence-corrected chi connectivity index (χ0v) is 10.3. The molecule has 0 spiro atoms. The largest absolute Gasteiger partial charge is 0.479 e. The maximum atomic E-state index is 11.1. The van der Waals surface area contributed by atoms with Crippen LogP contribution in [0.3, 0.4) is 0 Å². The van der Waals surface area contributed by atoms with E-state index in [1.165, 1.54) is 7.05 Å². The van der Waals surface area contributed by atoms with Gasteiger partial charge in [-0.15, -0.1) is 0 Å². The number of nitrogens with zero attached hydrogens (tertiary/aromatic N) is 1. The number of carbonyl (C=O) groups excluding carboxylic acids is 1. The lowest BCUT2D eigenvalue weighted by Crippen LogP contribution is -2.29. The van der Waals surface area contributed by atoms with Crippen LogP contribution in [-0.4, -0.2) is 29.4 Å². The minimum Gasteiger partial charge on any atom is -0.479 e. The molecule has 0 aliphatic carbocycles. The Morgan fingerprint density at radius 1 is 1.24 bits per heavy atom. The van der Waals surface area contributed by atoms with E-state index in [2.05, 4.69) is 13.8 Å². The van der Waals surface area contributed by atoms with Gasteiger partial charge in [0.05, 0.1) is 0 Å². The predicted octanol–water partition coefficient (Wildman–Crippen LogP) is 2.02. The molecule has 0 fully saturated rings. The summed E-state index contributed by atoms with van der Waals surface area (Å²) in [5.74, 6) is -0.631. The molecular formula is C13H17NO3. The Hall–Kier alpha value is -1.84. The molecule has 0 heterocycles. The molecule has 1 aromatic carbocycles. The highest BCUT2D eigenvalue weighted by Crippen LogP contribution is 2.21. The Morgan fingerprint density at radius 2 is 1.71 bits per heavy atom. The topological polar surface area (TPSA) is 57.6 Å². The van der Waals surface area contributed by atoms with Gasteiger partial charge in [0.15, 0.2) is 6.04 Å². The first-order valence-electron chi connectivity index (χ1n) is 5.47. The van der Waals surface area contributed by atoms with Crippen LogP contribution < -0.4 is 0 Å². The molecule has 92 valence electrons. The quantitative estimate of drug-likeness (QED) is 0.794. The van der Waals surface area contributed by atoms with E-state index in [1.807, 2.05) is 12.1 Å². The van der Waals surface area contributed by atoms with Gasteiger partial charge in [0.1, 0.15) is 0 Å². The first kappa shape index (κ1) is 13.2. The molecular weight excluding hydrogens is 218 g/mol. The highest BCUT2D eigenvalue weighted by atomic mass is 16.4. The number of likely N-dealkylation sites (N-methyl/N-ethyl adjacent to an activating group) is 1. The van der Waals surface area contributed by atoms with Crippen molar-refractivity contribution in [3.63, 3.8) is 0 Å². The smallest absolute Gasteiger partial charge is 0.331 e. The number of carboxylic acid groups (broad SMARTS) is 1. The molecule has 4 heteroatoms. The van der Waals surface area contributed by atoms with Crippen molar-refractivity contribution < 1.29 is 14.7 Å². The molecule has 1 unspecified atom stereocenters. The number of carbonyl (C=O) groups is 2. The maximum absolute atomic E-state index is 11.1. The van der Waals surface area contributed by atoms with E-state index >= 15 is 0 Å². The lowest BCUT2D eigenvalue weighted by Gasteiger charge is -2.21. The molecule has 4 nitrogen and oxygen atoms in total. The zero-order valence-electron chi connectivity index (χ0n) is 10.3. The first-order valence-corrected chi connectivity index (χ1v) is 5.47. The summed E-state index contributed by atoms with van der Waals surface area (Å²) in [6.45, 7) is 4.14. The number of benzene rings is 1. The number of amides is 1. The molecule has 1 amide bonds. The predicted molar refractivity (Wildman–Crippen MR) is 64.7 cm³/mol. The van der Waals surface area contributed by atoms with Crippen molar-refractivity contribution in [3.05, 3.63) is 35.4 Å². The molecule has 1 aromatic rings. The van der Waals surface area contributed by atoms with E-state index < -0.39 is 12.0 Å². The van der Waals surface area contributed by atoms with Crippen molar-refractivity contribution in [3.8, 4) is 0 Å². The fourth-order valence-electron chi connectivity index (χ4n) is 1.68. The average Bonchev–Trinajstić information content (AvgIpc) is 2.29. The molecule has 0 aromatic heterocycles. The van der Waals surface area contributed by atoms with E-state index in [-0.39, 0.29) is 0 Å². The van der Waals surface area contributed by atoms with Gasteiger partial charge in [-0.1, -0.05) is 38.1 Å². The summed E-state index contributed by atoms with van der Waals surface area (Å²) in [6.07, 6.45) is 0.523. The lowest BCUT2D eigenvalue weighted by atomic mass is 9.99. The minimum atomic E-state index is -1.03. The van der Waals surface area contributed by atoms with Crippen molar-refractivity contribution >= 4 is 12.4 Å². The van der Waals surface area contributed by atoms with Crippen molar-refractivity contribution in [2.24, 2.45) is 0 Å². The van der Waals surface area contributed by atoms with Crippen molar-refractivity contribution in [2.45, 2.75) is 25.8 Å². The van der Waals surface area contributed by atoms with E-state index in [0.717, 1.165) is 10.5 Å². The minimum absolute atomic E-state index is 0.399. The molecule has 0 saturated heterocycles. The summed E-state index contributed by atoms with van der Waals surface area (Å²) in [5.41, 5.74) is 1.75. The molecule has 1 atom stereocenters. The van der Waals surface area contributed by atoms with Crippen LogP contribution in [0.25, 0.3) is 0 Å². The Bertz CT molecular complexity index is 398. The number of hydrogen-bond acceptors (Lipinski definition) is 2. The third-order valence-corrected chi connectivity index (χ3v) is 2.73. The second kappa shape index (κ2) is 5.48. The van der Waals surface area contributed by atoms with Gasteiger partial charge in [-0.05, 0) is 17.0 Å². The monoisotopic (exact) mass is 235 g/mol. The number of carboxylic acids is 1. The molecule has 0 aliphatic heterocycles. The highest BCUT2D eigenvalue weighted by Gasteiger charge is 2.23. The Kier molecular flexibility index (Phi) is 4.26. The second-order valence-electron chi connectivity index (χ2n) is 4.33. The SMILES string of the molecule is CC(C)c1ccc(C(C(=O)O)N(C)C=O)cc1. The van der Waals surface area contributed by atoms with Crippen LogP contribution in [0.15, 0.2) is 24.3 Å². The van der Waals surface area contributed by atoms with Gasteiger partial charge in [0.2, 0.25) is 6.41 Å². The van der Waals surface area contributed by atoms with Crippen LogP contribution in [0.1, 0.15) is 36.9 Å². The number of aliphatic carboxylic acids is 1. The Balaban J connectivity index is 3.03. The second-order valence-corrected chi connectivity index (χ2v) is 4.33. The summed E-state index contributed by atoms with van der Waals surface area (Å²) < 4.78 is 0. The summed E-state index contributed by atoms with van der Waals surface area (Å²) in [5, 5.41) is 9.11. The van der Waals surface area contributed by atoms with E-state index in [9.17, 15) is 9.59 Å². The van der Waals surface area contributed by atoms with Gasteiger partial charge in [-0.3, -0.25) is 4.79 Å². The standard InChI is InChI=1S/C13H17NO3/c1-9(2)10-4-6-11(7-5-10)12(13(16)17)14(3)8-15/h4-9,12H,1-3H3,(H,16,17). The maximum Gasteiger partial charge on any atom is 0.331 e. The average molecular weight is 235 g/mol. The fourth-order valence-corrected chi connectivity index (χ4v) is 1.68. The Morgan fingerprint density at radius 3 is 2.06 bits per heavy atom. The van der Waals surface area contributed by atoms with Crippen molar-refractivity contribution in [2.75, 3.05) is 7.05 Å². The van der Waals surface area contributed by atoms with Crippen LogP contribution in [0.4, 0.5) is 0 Å². The van der Waals surface area contributed by atoms with Gasteiger partial charge in [0, 0.05) is 7.05 Å². The van der Waals surface area contributed by atoms with Gasteiger partial charge < -0.3 is 10.0 Å². The summed E-state index contributed by atoms with van der Waals surface area (Å²) in [4.78, 5) is 22.9. The van der Waals surface area contributed by atoms with Gasteiger partial charge in [-0.25, -0.2) is 4.79 Å². The molecule has 0 bridgehead atoms. The van der Waals surface area contributed by atoms with Crippen molar-refractivity contribution in [1.29, 1.82) is 0 Å². The number of hydrogen-bond donors (Lipinski definition) is 1.